The molecule has 2 aromatic rings. The van der Waals surface area contributed by atoms with Gasteiger partial charge in [0.1, 0.15) is 17.0 Å². The lowest BCUT2D eigenvalue weighted by Gasteiger charge is -2.32. The number of rotatable bonds is 7. The molecule has 168 valence electrons. The molecule has 1 aromatic heterocycles. The molecule has 1 aliphatic heterocycles. The molecular formula is C23H33N5O2S. The molecule has 7 nitrogen and oxygen atoms in total. The number of piperidine rings is 1. The maximum absolute atomic E-state index is 6.14. The highest BCUT2D eigenvalue weighted by Crippen LogP contribution is 2.27. The van der Waals surface area contributed by atoms with Crippen molar-refractivity contribution in [3.05, 3.63) is 42.4 Å². The van der Waals surface area contributed by atoms with E-state index in [1.54, 1.807) is 19.4 Å². The van der Waals surface area contributed by atoms with Gasteiger partial charge in [-0.25, -0.2) is 4.98 Å². The van der Waals surface area contributed by atoms with Crippen LogP contribution in [0.4, 0.5) is 5.69 Å². The first-order valence-corrected chi connectivity index (χ1v) is 11.2. The second kappa shape index (κ2) is 10.7. The molecular weight excluding hydrogens is 410 g/mol. The fourth-order valence-corrected chi connectivity index (χ4v) is 3.56. The molecule has 2 N–H and O–H groups in total. The Kier molecular flexibility index (Phi) is 8.03. The summed E-state index contributed by atoms with van der Waals surface area (Å²) in [6.07, 6.45) is 5.58. The highest BCUT2D eigenvalue weighted by atomic mass is 32.1. The molecule has 0 aliphatic carbocycles. The second-order valence-corrected chi connectivity index (χ2v) is 9.16. The molecule has 0 bridgehead atoms. The Balaban J connectivity index is 1.50. The summed E-state index contributed by atoms with van der Waals surface area (Å²) >= 11 is 5.21. The highest BCUT2D eigenvalue weighted by molar-refractivity contribution is 7.80. The van der Waals surface area contributed by atoms with E-state index >= 15 is 0 Å². The van der Waals surface area contributed by atoms with Gasteiger partial charge in [-0.3, -0.25) is 9.88 Å². The SMILES string of the molecule is CNC(=S)Nc1ccccc1OCC1CCN(Cc2nccnc2OC(C)(C)C)CC1. The average Bonchev–Trinajstić information content (AvgIpc) is 2.74. The molecule has 3 rings (SSSR count). The van der Waals surface area contributed by atoms with E-state index in [2.05, 4.69) is 25.5 Å². The van der Waals surface area contributed by atoms with Crippen molar-refractivity contribution >= 4 is 23.0 Å². The summed E-state index contributed by atoms with van der Waals surface area (Å²) in [5.41, 5.74) is 1.48. The molecule has 0 atom stereocenters. The van der Waals surface area contributed by atoms with Crippen LogP contribution in [-0.4, -0.2) is 52.3 Å². The maximum atomic E-state index is 6.14. The standard InChI is InChI=1S/C23H33N5O2S/c1-23(2,3)30-21-19(25-11-12-26-21)15-28-13-9-17(10-14-28)16-29-20-8-6-5-7-18(20)27-22(31)24-4/h5-8,11-12,17H,9-10,13-16H2,1-4H3,(H2,24,27,31). The Bertz CT molecular complexity index is 863. The number of nitrogens with zero attached hydrogens (tertiary/aromatic N) is 3. The number of aromatic nitrogens is 2. The van der Waals surface area contributed by atoms with E-state index in [4.69, 9.17) is 21.7 Å². The number of nitrogens with one attached hydrogen (secondary N) is 2. The van der Waals surface area contributed by atoms with E-state index < -0.39 is 0 Å². The number of para-hydroxylation sites is 2. The van der Waals surface area contributed by atoms with Crippen LogP contribution in [0.3, 0.4) is 0 Å². The molecule has 1 saturated heterocycles. The maximum Gasteiger partial charge on any atom is 0.237 e. The zero-order valence-electron chi connectivity index (χ0n) is 18.9. The Hall–Kier alpha value is -2.45. The van der Waals surface area contributed by atoms with Gasteiger partial charge in [0, 0.05) is 26.0 Å². The Morgan fingerprint density at radius 3 is 2.58 bits per heavy atom. The first-order valence-electron chi connectivity index (χ1n) is 10.8. The van der Waals surface area contributed by atoms with Gasteiger partial charge in [0.25, 0.3) is 0 Å². The molecule has 8 heteroatoms. The minimum Gasteiger partial charge on any atom is -0.491 e. The first kappa shape index (κ1) is 23.2. The minimum absolute atomic E-state index is 0.294. The zero-order chi connectivity index (χ0) is 22.3. The molecule has 31 heavy (non-hydrogen) atoms. The molecule has 1 aromatic carbocycles. The Morgan fingerprint density at radius 2 is 1.87 bits per heavy atom. The predicted octanol–water partition coefficient (Wildman–Crippen LogP) is 3.86. The Morgan fingerprint density at radius 1 is 1.16 bits per heavy atom. The molecule has 0 radical (unpaired) electrons. The summed E-state index contributed by atoms with van der Waals surface area (Å²) in [5, 5.41) is 6.67. The van der Waals surface area contributed by atoms with Crippen molar-refractivity contribution in [3.8, 4) is 11.6 Å². The predicted molar refractivity (Wildman–Crippen MR) is 128 cm³/mol. The van der Waals surface area contributed by atoms with Crippen LogP contribution in [0.15, 0.2) is 36.7 Å². The van der Waals surface area contributed by atoms with E-state index in [1.807, 2.05) is 45.0 Å². The second-order valence-electron chi connectivity index (χ2n) is 8.75. The topological polar surface area (TPSA) is 71.5 Å². The lowest BCUT2D eigenvalue weighted by atomic mass is 9.97. The van der Waals surface area contributed by atoms with Gasteiger partial charge in [0.2, 0.25) is 5.88 Å². The summed E-state index contributed by atoms with van der Waals surface area (Å²) in [4.78, 5) is 11.3. The summed E-state index contributed by atoms with van der Waals surface area (Å²) < 4.78 is 12.1. The van der Waals surface area contributed by atoms with Gasteiger partial charge in [0.15, 0.2) is 5.11 Å². The molecule has 1 aliphatic rings. The van der Waals surface area contributed by atoms with Crippen molar-refractivity contribution in [2.45, 2.75) is 45.8 Å². The molecule has 0 unspecified atom stereocenters. The highest BCUT2D eigenvalue weighted by Gasteiger charge is 2.23. The summed E-state index contributed by atoms with van der Waals surface area (Å²) in [6.45, 7) is 9.53. The van der Waals surface area contributed by atoms with Crippen LogP contribution in [0.5, 0.6) is 11.6 Å². The van der Waals surface area contributed by atoms with Crippen molar-refractivity contribution < 1.29 is 9.47 Å². The van der Waals surface area contributed by atoms with Gasteiger partial charge in [-0.05, 0) is 77.0 Å². The number of hydrogen-bond acceptors (Lipinski definition) is 6. The average molecular weight is 444 g/mol. The molecule has 0 spiro atoms. The van der Waals surface area contributed by atoms with Crippen molar-refractivity contribution in [3.63, 3.8) is 0 Å². The van der Waals surface area contributed by atoms with Crippen LogP contribution >= 0.6 is 12.2 Å². The fraction of sp³-hybridized carbons (Fsp3) is 0.522. The van der Waals surface area contributed by atoms with Gasteiger partial charge in [-0.2, -0.15) is 0 Å². The third kappa shape index (κ3) is 7.33. The van der Waals surface area contributed by atoms with Gasteiger partial charge in [0.05, 0.1) is 12.3 Å². The number of likely N-dealkylation sites (tertiary alicyclic amines) is 1. The summed E-state index contributed by atoms with van der Waals surface area (Å²) in [7, 11) is 1.80. The van der Waals surface area contributed by atoms with Gasteiger partial charge in [-0.15, -0.1) is 0 Å². The van der Waals surface area contributed by atoms with Crippen LogP contribution in [0.25, 0.3) is 0 Å². The number of thiocarbonyl (C=S) groups is 1. The van der Waals surface area contributed by atoms with Crippen molar-refractivity contribution in [1.82, 2.24) is 20.2 Å². The monoisotopic (exact) mass is 443 g/mol. The molecule has 0 amide bonds. The largest absolute Gasteiger partial charge is 0.491 e. The van der Waals surface area contributed by atoms with E-state index in [0.29, 0.717) is 23.5 Å². The van der Waals surface area contributed by atoms with E-state index in [0.717, 1.165) is 49.6 Å². The fourth-order valence-electron chi connectivity index (χ4n) is 3.45. The quantitative estimate of drug-likeness (QED) is 0.625. The third-order valence-electron chi connectivity index (χ3n) is 5.06. The summed E-state index contributed by atoms with van der Waals surface area (Å²) in [6, 6.07) is 7.89. The van der Waals surface area contributed by atoms with Crippen molar-refractivity contribution in [2.75, 3.05) is 32.1 Å². The van der Waals surface area contributed by atoms with Gasteiger partial charge in [-0.1, -0.05) is 12.1 Å². The number of ether oxygens (including phenoxy) is 2. The lowest BCUT2D eigenvalue weighted by Crippen LogP contribution is -2.35. The smallest absolute Gasteiger partial charge is 0.237 e. The van der Waals surface area contributed by atoms with E-state index in [9.17, 15) is 0 Å². The first-order chi connectivity index (χ1) is 14.8. The van der Waals surface area contributed by atoms with Crippen LogP contribution in [-0.2, 0) is 6.54 Å². The van der Waals surface area contributed by atoms with Gasteiger partial charge < -0.3 is 20.1 Å². The number of benzene rings is 1. The number of hydrogen-bond donors (Lipinski definition) is 2. The van der Waals surface area contributed by atoms with Crippen LogP contribution in [0.2, 0.25) is 0 Å². The third-order valence-corrected chi connectivity index (χ3v) is 5.36. The normalized spacial score (nSPS) is 15.4. The Labute approximate surface area is 190 Å². The van der Waals surface area contributed by atoms with Crippen LogP contribution < -0.4 is 20.1 Å². The lowest BCUT2D eigenvalue weighted by molar-refractivity contribution is 0.112. The van der Waals surface area contributed by atoms with Crippen LogP contribution in [0.1, 0.15) is 39.3 Å². The van der Waals surface area contributed by atoms with E-state index in [-0.39, 0.29) is 5.60 Å². The zero-order valence-corrected chi connectivity index (χ0v) is 19.7. The van der Waals surface area contributed by atoms with E-state index in [1.165, 1.54) is 0 Å². The van der Waals surface area contributed by atoms with Gasteiger partial charge >= 0.3 is 0 Å². The molecule has 1 fully saturated rings. The van der Waals surface area contributed by atoms with Crippen molar-refractivity contribution in [2.24, 2.45) is 5.92 Å². The van der Waals surface area contributed by atoms with Crippen LogP contribution in [0, 0.1) is 5.92 Å². The minimum atomic E-state index is -0.294. The summed E-state index contributed by atoms with van der Waals surface area (Å²) in [5.74, 6) is 1.97. The molecule has 2 heterocycles. The van der Waals surface area contributed by atoms with Crippen molar-refractivity contribution in [1.29, 1.82) is 0 Å². The number of anilines is 1. The molecule has 0 saturated carbocycles.